The molecule has 0 bridgehead atoms. The summed E-state index contributed by atoms with van der Waals surface area (Å²) in [6, 6.07) is 2.42. The van der Waals surface area contributed by atoms with Crippen LogP contribution >= 0.6 is 11.6 Å². The maximum absolute atomic E-state index is 12.0. The summed E-state index contributed by atoms with van der Waals surface area (Å²) < 4.78 is 0. The van der Waals surface area contributed by atoms with Crippen molar-refractivity contribution in [1.29, 1.82) is 0 Å². The summed E-state index contributed by atoms with van der Waals surface area (Å²) in [5.74, 6) is 0.0425. The summed E-state index contributed by atoms with van der Waals surface area (Å²) in [5.41, 5.74) is 5.94. The molecule has 0 aliphatic heterocycles. The fourth-order valence-corrected chi connectivity index (χ4v) is 2.25. The Morgan fingerprint density at radius 2 is 2.00 bits per heavy atom. The summed E-state index contributed by atoms with van der Waals surface area (Å²) in [6.07, 6.45) is 1.43. The van der Waals surface area contributed by atoms with Gasteiger partial charge in [-0.3, -0.25) is 9.69 Å². The van der Waals surface area contributed by atoms with Crippen LogP contribution in [0.1, 0.15) is 38.1 Å². The van der Waals surface area contributed by atoms with Crippen molar-refractivity contribution in [2.45, 2.75) is 39.8 Å². The lowest BCUT2D eigenvalue weighted by atomic mass is 10.2. The van der Waals surface area contributed by atoms with E-state index in [0.717, 1.165) is 6.54 Å². The SMILES string of the molecule is CC(C)N(CCNC(=O)c1cnc(N)c(Cl)c1)C(C)C. The number of amides is 1. The Morgan fingerprint density at radius 1 is 1.40 bits per heavy atom. The molecule has 1 rings (SSSR count). The third kappa shape index (κ3) is 4.65. The molecule has 0 saturated heterocycles. The molecule has 112 valence electrons. The Bertz CT molecular complexity index is 454. The molecule has 0 saturated carbocycles. The van der Waals surface area contributed by atoms with E-state index in [-0.39, 0.29) is 11.7 Å². The fraction of sp³-hybridized carbons (Fsp3) is 0.571. The van der Waals surface area contributed by atoms with Crippen LogP contribution in [0.4, 0.5) is 5.82 Å². The zero-order chi connectivity index (χ0) is 15.3. The van der Waals surface area contributed by atoms with Gasteiger partial charge in [-0.1, -0.05) is 11.6 Å². The van der Waals surface area contributed by atoms with Crippen LogP contribution in [0.5, 0.6) is 0 Å². The quantitative estimate of drug-likeness (QED) is 0.844. The van der Waals surface area contributed by atoms with Gasteiger partial charge in [-0.05, 0) is 33.8 Å². The number of carbonyl (C=O) groups excluding carboxylic acids is 1. The Kier molecular flexibility index (Phi) is 6.23. The number of nitrogen functional groups attached to an aromatic ring is 1. The predicted octanol–water partition coefficient (Wildman–Crippen LogP) is 2.17. The summed E-state index contributed by atoms with van der Waals surface area (Å²) >= 11 is 5.85. The third-order valence-electron chi connectivity index (χ3n) is 3.11. The van der Waals surface area contributed by atoms with E-state index in [4.69, 9.17) is 17.3 Å². The molecule has 0 aromatic carbocycles. The van der Waals surface area contributed by atoms with Gasteiger partial charge in [-0.25, -0.2) is 4.98 Å². The van der Waals surface area contributed by atoms with Gasteiger partial charge >= 0.3 is 0 Å². The molecule has 6 heteroatoms. The van der Waals surface area contributed by atoms with Crippen LogP contribution in [0.25, 0.3) is 0 Å². The monoisotopic (exact) mass is 298 g/mol. The lowest BCUT2D eigenvalue weighted by Crippen LogP contribution is -2.42. The molecule has 0 atom stereocenters. The molecule has 3 N–H and O–H groups in total. The van der Waals surface area contributed by atoms with Crippen molar-refractivity contribution in [3.8, 4) is 0 Å². The number of carbonyl (C=O) groups is 1. The molecule has 5 nitrogen and oxygen atoms in total. The number of rotatable bonds is 6. The molecule has 0 fully saturated rings. The zero-order valence-electron chi connectivity index (χ0n) is 12.5. The molecule has 0 radical (unpaired) electrons. The van der Waals surface area contributed by atoms with Crippen LogP contribution in [0, 0.1) is 0 Å². The lowest BCUT2D eigenvalue weighted by molar-refractivity contribution is 0.0939. The first-order valence-corrected chi connectivity index (χ1v) is 7.15. The Labute approximate surface area is 125 Å². The van der Waals surface area contributed by atoms with Gasteiger partial charge in [0.25, 0.3) is 5.91 Å². The molecule has 0 spiro atoms. The minimum atomic E-state index is -0.188. The van der Waals surface area contributed by atoms with E-state index in [9.17, 15) is 4.79 Å². The van der Waals surface area contributed by atoms with E-state index in [2.05, 4.69) is 42.9 Å². The topological polar surface area (TPSA) is 71.2 Å². The lowest BCUT2D eigenvalue weighted by Gasteiger charge is -2.30. The predicted molar refractivity (Wildman–Crippen MR) is 83.0 cm³/mol. The van der Waals surface area contributed by atoms with Crippen molar-refractivity contribution in [3.05, 3.63) is 22.8 Å². The van der Waals surface area contributed by atoms with Crippen molar-refractivity contribution in [3.63, 3.8) is 0 Å². The van der Waals surface area contributed by atoms with Gasteiger partial charge in [0.1, 0.15) is 5.82 Å². The van der Waals surface area contributed by atoms with Crippen LogP contribution in [0.2, 0.25) is 5.02 Å². The summed E-state index contributed by atoms with van der Waals surface area (Å²) in [6.45, 7) is 9.96. The van der Waals surface area contributed by atoms with Crippen molar-refractivity contribution >= 4 is 23.3 Å². The molecule has 1 amide bonds. The summed E-state index contributed by atoms with van der Waals surface area (Å²) in [7, 11) is 0. The molecule has 1 aromatic heterocycles. The number of anilines is 1. The summed E-state index contributed by atoms with van der Waals surface area (Å²) in [5, 5.41) is 3.16. The van der Waals surface area contributed by atoms with Crippen LogP contribution in [-0.4, -0.2) is 41.0 Å². The molecular formula is C14H23ClN4O. The number of hydrogen-bond donors (Lipinski definition) is 2. The number of hydrogen-bond acceptors (Lipinski definition) is 4. The highest BCUT2D eigenvalue weighted by Gasteiger charge is 2.14. The molecule has 0 aliphatic carbocycles. The third-order valence-corrected chi connectivity index (χ3v) is 3.42. The van der Waals surface area contributed by atoms with Crippen molar-refractivity contribution in [2.24, 2.45) is 0 Å². The number of halogens is 1. The van der Waals surface area contributed by atoms with E-state index in [0.29, 0.717) is 29.2 Å². The number of nitrogens with zero attached hydrogens (tertiary/aromatic N) is 2. The Balaban J connectivity index is 2.53. The van der Waals surface area contributed by atoms with Crippen LogP contribution in [-0.2, 0) is 0 Å². The van der Waals surface area contributed by atoms with Gasteiger partial charge in [0.15, 0.2) is 0 Å². The van der Waals surface area contributed by atoms with Crippen LogP contribution < -0.4 is 11.1 Å². The number of nitrogens with one attached hydrogen (secondary N) is 1. The molecule has 1 heterocycles. The first-order valence-electron chi connectivity index (χ1n) is 6.78. The minimum absolute atomic E-state index is 0.188. The molecule has 20 heavy (non-hydrogen) atoms. The Morgan fingerprint density at radius 3 is 2.50 bits per heavy atom. The highest BCUT2D eigenvalue weighted by molar-refractivity contribution is 6.33. The smallest absolute Gasteiger partial charge is 0.252 e. The molecular weight excluding hydrogens is 276 g/mol. The van der Waals surface area contributed by atoms with E-state index in [1.54, 1.807) is 0 Å². The standard InChI is InChI=1S/C14H23ClN4O/c1-9(2)19(10(3)4)6-5-17-14(20)11-7-12(15)13(16)18-8-11/h7-10H,5-6H2,1-4H3,(H2,16,18)(H,17,20). The number of nitrogens with two attached hydrogens (primary N) is 1. The number of pyridine rings is 1. The molecule has 1 aromatic rings. The van der Waals surface area contributed by atoms with E-state index >= 15 is 0 Å². The van der Waals surface area contributed by atoms with Crippen molar-refractivity contribution in [1.82, 2.24) is 15.2 Å². The zero-order valence-corrected chi connectivity index (χ0v) is 13.2. The first kappa shape index (κ1) is 16.7. The number of aromatic nitrogens is 1. The fourth-order valence-electron chi connectivity index (χ4n) is 2.09. The maximum Gasteiger partial charge on any atom is 0.252 e. The van der Waals surface area contributed by atoms with Gasteiger partial charge in [0.2, 0.25) is 0 Å². The van der Waals surface area contributed by atoms with Gasteiger partial charge < -0.3 is 11.1 Å². The second kappa shape index (κ2) is 7.45. The maximum atomic E-state index is 12.0. The van der Waals surface area contributed by atoms with Crippen LogP contribution in [0.3, 0.4) is 0 Å². The summed E-state index contributed by atoms with van der Waals surface area (Å²) in [4.78, 5) is 18.1. The Hall–Kier alpha value is -1.33. The molecule has 0 unspecified atom stereocenters. The van der Waals surface area contributed by atoms with Gasteiger partial charge in [-0.15, -0.1) is 0 Å². The average Bonchev–Trinajstić information content (AvgIpc) is 2.36. The highest BCUT2D eigenvalue weighted by Crippen LogP contribution is 2.16. The second-order valence-electron chi connectivity index (χ2n) is 5.27. The van der Waals surface area contributed by atoms with Gasteiger partial charge in [-0.2, -0.15) is 0 Å². The van der Waals surface area contributed by atoms with Gasteiger partial charge in [0, 0.05) is 31.4 Å². The average molecular weight is 299 g/mol. The molecule has 0 aliphatic rings. The van der Waals surface area contributed by atoms with Crippen LogP contribution in [0.15, 0.2) is 12.3 Å². The highest BCUT2D eigenvalue weighted by atomic mass is 35.5. The van der Waals surface area contributed by atoms with E-state index < -0.39 is 0 Å². The van der Waals surface area contributed by atoms with Crippen molar-refractivity contribution in [2.75, 3.05) is 18.8 Å². The normalized spacial score (nSPS) is 11.4. The largest absolute Gasteiger partial charge is 0.382 e. The van der Waals surface area contributed by atoms with Crippen molar-refractivity contribution < 1.29 is 4.79 Å². The van der Waals surface area contributed by atoms with Gasteiger partial charge in [0.05, 0.1) is 10.6 Å². The van der Waals surface area contributed by atoms with E-state index in [1.807, 2.05) is 0 Å². The second-order valence-corrected chi connectivity index (χ2v) is 5.68. The minimum Gasteiger partial charge on any atom is -0.382 e. The van der Waals surface area contributed by atoms with E-state index in [1.165, 1.54) is 12.3 Å². The first-order chi connectivity index (χ1) is 9.32.